The molecule has 2 heteroatoms. The van der Waals surface area contributed by atoms with E-state index in [2.05, 4.69) is 16.1 Å². The molecule has 11 heavy (non-hydrogen) atoms. The van der Waals surface area contributed by atoms with Crippen LogP contribution in [0.1, 0.15) is 13.3 Å². The Balaban J connectivity index is 2.33. The molecular formula is C9H10N2. The number of fused-ring (bicyclic) bond motifs is 1. The topological polar surface area (TPSA) is 24.7 Å². The van der Waals surface area contributed by atoms with Gasteiger partial charge < -0.3 is 0 Å². The lowest BCUT2D eigenvalue weighted by atomic mass is 10.0. The Kier molecular flexibility index (Phi) is 1.46. The van der Waals surface area contributed by atoms with E-state index in [-0.39, 0.29) is 0 Å². The summed E-state index contributed by atoms with van der Waals surface area (Å²) in [5, 5.41) is 0. The number of allylic oxidation sites excluding steroid dienone is 2. The van der Waals surface area contributed by atoms with Gasteiger partial charge in [-0.25, -0.2) is 0 Å². The summed E-state index contributed by atoms with van der Waals surface area (Å²) >= 11 is 0. The second kappa shape index (κ2) is 2.46. The number of aliphatic imine (C=N–C) groups is 2. The average Bonchev–Trinajstić information content (AvgIpc) is 2.04. The van der Waals surface area contributed by atoms with Gasteiger partial charge >= 0.3 is 0 Å². The minimum Gasteiger partial charge on any atom is -0.283 e. The molecule has 0 amide bonds. The van der Waals surface area contributed by atoms with Crippen LogP contribution in [0.4, 0.5) is 0 Å². The molecule has 0 aromatic carbocycles. The predicted molar refractivity (Wildman–Crippen MR) is 47.2 cm³/mol. The molecule has 0 N–H and O–H groups in total. The van der Waals surface area contributed by atoms with E-state index in [1.807, 2.05) is 25.3 Å². The Bertz CT molecular complexity index is 282. The van der Waals surface area contributed by atoms with Crippen molar-refractivity contribution >= 4 is 11.9 Å². The molecule has 0 spiro atoms. The summed E-state index contributed by atoms with van der Waals surface area (Å²) in [7, 11) is 0. The summed E-state index contributed by atoms with van der Waals surface area (Å²) in [5.41, 5.74) is 2.21. The van der Waals surface area contributed by atoms with E-state index in [1.165, 1.54) is 0 Å². The van der Waals surface area contributed by atoms with Crippen LogP contribution in [0.3, 0.4) is 0 Å². The lowest BCUT2D eigenvalue weighted by molar-refractivity contribution is 0.852. The van der Waals surface area contributed by atoms with Gasteiger partial charge in [-0.15, -0.1) is 0 Å². The highest BCUT2D eigenvalue weighted by molar-refractivity contribution is 6.05. The van der Waals surface area contributed by atoms with Crippen LogP contribution in [0.5, 0.6) is 0 Å². The standard InChI is InChI=1S/C9H10N2/c1-7-4-5-8-9(11-7)3-2-6-10-8/h2-4,6,8H,5H2,1H3. The van der Waals surface area contributed by atoms with Crippen molar-refractivity contribution in [3.8, 4) is 0 Å². The molecule has 0 fully saturated rings. The number of nitrogens with zero attached hydrogens (tertiary/aromatic N) is 2. The molecule has 2 rings (SSSR count). The van der Waals surface area contributed by atoms with E-state index in [0.717, 1.165) is 17.8 Å². The number of hydrogen-bond acceptors (Lipinski definition) is 2. The van der Waals surface area contributed by atoms with Gasteiger partial charge in [0.05, 0.1) is 11.8 Å². The minimum absolute atomic E-state index is 0.295. The van der Waals surface area contributed by atoms with Gasteiger partial charge in [-0.3, -0.25) is 9.98 Å². The molecule has 0 bridgehead atoms. The maximum atomic E-state index is 4.38. The van der Waals surface area contributed by atoms with Crippen molar-refractivity contribution in [2.45, 2.75) is 19.4 Å². The van der Waals surface area contributed by atoms with E-state index in [1.54, 1.807) is 0 Å². The molecule has 0 aliphatic carbocycles. The first-order valence-corrected chi connectivity index (χ1v) is 3.81. The van der Waals surface area contributed by atoms with Crippen LogP contribution in [0.15, 0.2) is 33.9 Å². The quantitative estimate of drug-likeness (QED) is 0.497. The second-order valence-electron chi connectivity index (χ2n) is 2.79. The van der Waals surface area contributed by atoms with E-state index in [4.69, 9.17) is 0 Å². The monoisotopic (exact) mass is 146 g/mol. The Hall–Kier alpha value is -1.18. The predicted octanol–water partition coefficient (Wildman–Crippen LogP) is 1.74. The normalized spacial score (nSPS) is 27.5. The molecule has 56 valence electrons. The van der Waals surface area contributed by atoms with Crippen molar-refractivity contribution < 1.29 is 0 Å². The Labute approximate surface area is 66.1 Å². The molecule has 2 aliphatic rings. The van der Waals surface area contributed by atoms with Gasteiger partial charge in [-0.05, 0) is 25.5 Å². The van der Waals surface area contributed by atoms with E-state index in [0.29, 0.717) is 6.04 Å². The maximum Gasteiger partial charge on any atom is 0.0954 e. The zero-order valence-electron chi connectivity index (χ0n) is 6.49. The van der Waals surface area contributed by atoms with E-state index in [9.17, 15) is 0 Å². The van der Waals surface area contributed by atoms with Crippen LogP contribution < -0.4 is 0 Å². The van der Waals surface area contributed by atoms with Crippen LogP contribution in [0.25, 0.3) is 0 Å². The van der Waals surface area contributed by atoms with Crippen molar-refractivity contribution in [2.75, 3.05) is 0 Å². The van der Waals surface area contributed by atoms with Crippen molar-refractivity contribution in [3.05, 3.63) is 23.9 Å². The number of dihydropyridines is 1. The molecule has 0 saturated heterocycles. The maximum absolute atomic E-state index is 4.38. The van der Waals surface area contributed by atoms with Gasteiger partial charge in [0.2, 0.25) is 0 Å². The van der Waals surface area contributed by atoms with Crippen molar-refractivity contribution in [1.82, 2.24) is 0 Å². The molecule has 2 aliphatic heterocycles. The van der Waals surface area contributed by atoms with Crippen molar-refractivity contribution in [3.63, 3.8) is 0 Å². The molecule has 1 atom stereocenters. The lowest BCUT2D eigenvalue weighted by Crippen LogP contribution is -2.21. The summed E-state index contributed by atoms with van der Waals surface area (Å²) in [6, 6.07) is 0.295. The van der Waals surface area contributed by atoms with Crippen LogP contribution in [-0.2, 0) is 0 Å². The Morgan fingerprint density at radius 1 is 1.55 bits per heavy atom. The zero-order chi connectivity index (χ0) is 7.68. The highest BCUT2D eigenvalue weighted by atomic mass is 14.9. The van der Waals surface area contributed by atoms with Crippen LogP contribution in [0.2, 0.25) is 0 Å². The largest absolute Gasteiger partial charge is 0.283 e. The average molecular weight is 146 g/mol. The van der Waals surface area contributed by atoms with Crippen molar-refractivity contribution in [2.24, 2.45) is 9.98 Å². The fourth-order valence-corrected chi connectivity index (χ4v) is 1.31. The third-order valence-corrected chi connectivity index (χ3v) is 1.90. The fraction of sp³-hybridized carbons (Fsp3) is 0.333. The minimum atomic E-state index is 0.295. The molecule has 0 radical (unpaired) electrons. The highest BCUT2D eigenvalue weighted by Crippen LogP contribution is 2.15. The van der Waals surface area contributed by atoms with E-state index < -0.39 is 0 Å². The number of hydrogen-bond donors (Lipinski definition) is 0. The van der Waals surface area contributed by atoms with Crippen LogP contribution >= 0.6 is 0 Å². The summed E-state index contributed by atoms with van der Waals surface area (Å²) in [4.78, 5) is 8.68. The van der Waals surface area contributed by atoms with Crippen LogP contribution in [0, 0.1) is 0 Å². The van der Waals surface area contributed by atoms with Gasteiger partial charge in [-0.1, -0.05) is 6.08 Å². The first kappa shape index (κ1) is 6.53. The molecule has 0 saturated carbocycles. The second-order valence-corrected chi connectivity index (χ2v) is 2.79. The third kappa shape index (κ3) is 1.16. The summed E-state index contributed by atoms with van der Waals surface area (Å²) < 4.78 is 0. The molecular weight excluding hydrogens is 136 g/mol. The van der Waals surface area contributed by atoms with Gasteiger partial charge in [-0.2, -0.15) is 0 Å². The molecule has 0 aromatic heterocycles. The highest BCUT2D eigenvalue weighted by Gasteiger charge is 2.15. The molecule has 1 unspecified atom stereocenters. The summed E-state index contributed by atoms with van der Waals surface area (Å²) in [5.74, 6) is 0. The third-order valence-electron chi connectivity index (χ3n) is 1.90. The Morgan fingerprint density at radius 3 is 3.36 bits per heavy atom. The van der Waals surface area contributed by atoms with Gasteiger partial charge in [0.25, 0.3) is 0 Å². The first-order chi connectivity index (χ1) is 5.36. The zero-order valence-corrected chi connectivity index (χ0v) is 6.49. The van der Waals surface area contributed by atoms with Crippen LogP contribution in [-0.4, -0.2) is 18.0 Å². The first-order valence-electron chi connectivity index (χ1n) is 3.81. The van der Waals surface area contributed by atoms with Gasteiger partial charge in [0.1, 0.15) is 0 Å². The van der Waals surface area contributed by atoms with Gasteiger partial charge in [0, 0.05) is 11.9 Å². The SMILES string of the molecule is CC1=CCC2N=CC=CC2=N1. The summed E-state index contributed by atoms with van der Waals surface area (Å²) in [6.07, 6.45) is 8.95. The number of rotatable bonds is 0. The van der Waals surface area contributed by atoms with E-state index >= 15 is 0 Å². The molecule has 2 heterocycles. The fourth-order valence-electron chi connectivity index (χ4n) is 1.31. The van der Waals surface area contributed by atoms with Gasteiger partial charge in [0.15, 0.2) is 0 Å². The van der Waals surface area contributed by atoms with Crippen molar-refractivity contribution in [1.29, 1.82) is 0 Å². The smallest absolute Gasteiger partial charge is 0.0954 e. The summed E-state index contributed by atoms with van der Waals surface area (Å²) in [6.45, 7) is 2.02. The molecule has 2 nitrogen and oxygen atoms in total. The molecule has 0 aromatic rings. The Morgan fingerprint density at radius 2 is 2.45 bits per heavy atom. The lowest BCUT2D eigenvalue weighted by Gasteiger charge is -2.17.